The van der Waals surface area contributed by atoms with Gasteiger partial charge in [-0.05, 0) is 55.9 Å². The fraction of sp³-hybridized carbons (Fsp3) is 0.276. The standard InChI is InChI=1S/C29H29N3O2S/c1-3-7-18-12-13-21-25(15-18)35-29(26(21)27(30)33)32-28(34)22-16-24(19-9-6-8-17(2)14-19)31-23-11-5-4-10-20(22)23/h4-6,8-11,14,16,18H,3,7,12-13,15H2,1-2H3,(H2,30,33)(H,32,34). The fourth-order valence-electron chi connectivity index (χ4n) is 5.14. The summed E-state index contributed by atoms with van der Waals surface area (Å²) in [6, 6.07) is 17.6. The smallest absolute Gasteiger partial charge is 0.257 e. The summed E-state index contributed by atoms with van der Waals surface area (Å²) in [4.78, 5) is 32.1. The molecule has 35 heavy (non-hydrogen) atoms. The molecular formula is C29H29N3O2S. The molecule has 0 spiro atoms. The van der Waals surface area contributed by atoms with E-state index >= 15 is 0 Å². The normalized spacial score (nSPS) is 15.1. The molecule has 6 heteroatoms. The summed E-state index contributed by atoms with van der Waals surface area (Å²) in [5.74, 6) is -0.119. The first-order chi connectivity index (χ1) is 16.9. The van der Waals surface area contributed by atoms with Crippen molar-refractivity contribution in [2.24, 2.45) is 11.7 Å². The van der Waals surface area contributed by atoms with Gasteiger partial charge in [-0.1, -0.05) is 61.7 Å². The Morgan fingerprint density at radius 2 is 1.97 bits per heavy atom. The molecule has 4 aromatic rings. The summed E-state index contributed by atoms with van der Waals surface area (Å²) in [6.07, 6.45) is 5.16. The van der Waals surface area contributed by atoms with E-state index in [9.17, 15) is 9.59 Å². The molecule has 5 rings (SSSR count). The van der Waals surface area contributed by atoms with Crippen LogP contribution in [-0.4, -0.2) is 16.8 Å². The van der Waals surface area contributed by atoms with E-state index < -0.39 is 5.91 Å². The highest BCUT2D eigenvalue weighted by Crippen LogP contribution is 2.41. The molecule has 0 saturated carbocycles. The third kappa shape index (κ3) is 4.58. The van der Waals surface area contributed by atoms with E-state index in [1.54, 1.807) is 0 Å². The summed E-state index contributed by atoms with van der Waals surface area (Å²) in [5, 5.41) is 4.37. The molecule has 1 atom stereocenters. The number of fused-ring (bicyclic) bond motifs is 2. The number of hydrogen-bond donors (Lipinski definition) is 2. The van der Waals surface area contributed by atoms with Crippen molar-refractivity contribution in [3.8, 4) is 11.3 Å². The Morgan fingerprint density at radius 1 is 1.14 bits per heavy atom. The lowest BCUT2D eigenvalue weighted by molar-refractivity contribution is 0.1000. The van der Waals surface area contributed by atoms with Gasteiger partial charge in [0.1, 0.15) is 5.00 Å². The Balaban J connectivity index is 1.55. The average Bonchev–Trinajstić information content (AvgIpc) is 3.20. The Kier molecular flexibility index (Phi) is 6.39. The molecule has 2 heterocycles. The lowest BCUT2D eigenvalue weighted by atomic mass is 9.84. The van der Waals surface area contributed by atoms with Gasteiger partial charge in [0.2, 0.25) is 0 Å². The number of nitrogens with zero attached hydrogens (tertiary/aromatic N) is 1. The maximum atomic E-state index is 13.6. The molecule has 1 unspecified atom stereocenters. The van der Waals surface area contributed by atoms with Crippen molar-refractivity contribution in [3.63, 3.8) is 0 Å². The number of aromatic nitrogens is 1. The maximum absolute atomic E-state index is 13.6. The Bertz CT molecular complexity index is 1440. The number of nitrogens with two attached hydrogens (primary N) is 1. The van der Waals surface area contributed by atoms with E-state index in [1.807, 2.05) is 55.5 Å². The van der Waals surface area contributed by atoms with Crippen molar-refractivity contribution in [1.29, 1.82) is 0 Å². The Labute approximate surface area is 209 Å². The number of primary amides is 1. The monoisotopic (exact) mass is 483 g/mol. The van der Waals surface area contributed by atoms with Crippen molar-refractivity contribution >= 4 is 39.1 Å². The van der Waals surface area contributed by atoms with Gasteiger partial charge in [-0.3, -0.25) is 9.59 Å². The zero-order valence-electron chi connectivity index (χ0n) is 20.1. The summed E-state index contributed by atoms with van der Waals surface area (Å²) < 4.78 is 0. The van der Waals surface area contributed by atoms with E-state index in [-0.39, 0.29) is 5.91 Å². The van der Waals surface area contributed by atoms with Crippen LogP contribution in [0.1, 0.15) is 62.9 Å². The molecule has 2 amide bonds. The van der Waals surface area contributed by atoms with Gasteiger partial charge >= 0.3 is 0 Å². The van der Waals surface area contributed by atoms with Gasteiger partial charge in [0.15, 0.2) is 0 Å². The largest absolute Gasteiger partial charge is 0.365 e. The van der Waals surface area contributed by atoms with Gasteiger partial charge in [0.25, 0.3) is 11.8 Å². The lowest BCUT2D eigenvalue weighted by Gasteiger charge is -2.21. The van der Waals surface area contributed by atoms with Gasteiger partial charge < -0.3 is 11.1 Å². The molecule has 0 fully saturated rings. The summed E-state index contributed by atoms with van der Waals surface area (Å²) in [6.45, 7) is 4.24. The molecule has 2 aromatic heterocycles. The minimum Gasteiger partial charge on any atom is -0.365 e. The third-order valence-corrected chi connectivity index (χ3v) is 7.98. The first kappa shape index (κ1) is 23.2. The molecule has 0 bridgehead atoms. The van der Waals surface area contributed by atoms with E-state index in [0.29, 0.717) is 22.0 Å². The Morgan fingerprint density at radius 3 is 2.74 bits per heavy atom. The first-order valence-corrected chi connectivity index (χ1v) is 13.0. The highest BCUT2D eigenvalue weighted by atomic mass is 32.1. The average molecular weight is 484 g/mol. The number of anilines is 1. The second-order valence-corrected chi connectivity index (χ2v) is 10.5. The van der Waals surface area contributed by atoms with E-state index in [2.05, 4.69) is 18.3 Å². The van der Waals surface area contributed by atoms with Crippen LogP contribution in [0.2, 0.25) is 0 Å². The van der Waals surface area contributed by atoms with E-state index in [1.165, 1.54) is 22.6 Å². The number of pyridine rings is 1. The number of rotatable bonds is 6. The topological polar surface area (TPSA) is 85.1 Å². The molecule has 2 aromatic carbocycles. The number of carbonyl (C=O) groups excluding carboxylic acids is 2. The van der Waals surface area contributed by atoms with Crippen molar-refractivity contribution < 1.29 is 9.59 Å². The number of benzene rings is 2. The fourth-order valence-corrected chi connectivity index (χ4v) is 6.51. The van der Waals surface area contributed by atoms with E-state index in [4.69, 9.17) is 10.7 Å². The number of para-hydroxylation sites is 1. The van der Waals surface area contributed by atoms with Crippen molar-refractivity contribution in [1.82, 2.24) is 4.98 Å². The quantitative estimate of drug-likeness (QED) is 0.327. The van der Waals surface area contributed by atoms with Crippen LogP contribution in [-0.2, 0) is 12.8 Å². The molecule has 0 saturated heterocycles. The number of thiophene rings is 1. The van der Waals surface area contributed by atoms with Crippen molar-refractivity contribution in [3.05, 3.63) is 81.7 Å². The maximum Gasteiger partial charge on any atom is 0.257 e. The van der Waals surface area contributed by atoms with Crippen LogP contribution in [0.15, 0.2) is 54.6 Å². The van der Waals surface area contributed by atoms with Gasteiger partial charge in [-0.25, -0.2) is 4.98 Å². The summed E-state index contributed by atoms with van der Waals surface area (Å²) >= 11 is 1.50. The molecular weight excluding hydrogens is 454 g/mol. The number of amides is 2. The van der Waals surface area contributed by atoms with Crippen LogP contribution >= 0.6 is 11.3 Å². The summed E-state index contributed by atoms with van der Waals surface area (Å²) in [5.41, 5.74) is 11.4. The van der Waals surface area contributed by atoms with Gasteiger partial charge in [-0.15, -0.1) is 11.3 Å². The minimum atomic E-state index is -0.480. The summed E-state index contributed by atoms with van der Waals surface area (Å²) in [7, 11) is 0. The molecule has 1 aliphatic carbocycles. The molecule has 5 nitrogen and oxygen atoms in total. The SMILES string of the molecule is CCCC1CCc2c(sc(NC(=O)c3cc(-c4cccc(C)c4)nc4ccccc34)c2C(N)=O)C1. The van der Waals surface area contributed by atoms with Crippen LogP contribution in [0.25, 0.3) is 22.2 Å². The van der Waals surface area contributed by atoms with E-state index in [0.717, 1.165) is 59.0 Å². The molecule has 0 radical (unpaired) electrons. The highest BCUT2D eigenvalue weighted by Gasteiger charge is 2.29. The second-order valence-electron chi connectivity index (χ2n) is 9.37. The van der Waals surface area contributed by atoms with Gasteiger partial charge in [0, 0.05) is 15.8 Å². The molecule has 1 aliphatic rings. The third-order valence-electron chi connectivity index (χ3n) is 6.81. The Hall–Kier alpha value is -3.51. The van der Waals surface area contributed by atoms with Crippen LogP contribution in [0.5, 0.6) is 0 Å². The predicted octanol–water partition coefficient (Wildman–Crippen LogP) is 6.53. The molecule has 178 valence electrons. The van der Waals surface area contributed by atoms with Crippen molar-refractivity contribution in [2.75, 3.05) is 5.32 Å². The zero-order valence-corrected chi connectivity index (χ0v) is 20.9. The van der Waals surface area contributed by atoms with Crippen LogP contribution in [0.4, 0.5) is 5.00 Å². The van der Waals surface area contributed by atoms with Gasteiger partial charge in [-0.2, -0.15) is 0 Å². The second kappa shape index (κ2) is 9.62. The lowest BCUT2D eigenvalue weighted by Crippen LogP contribution is -2.20. The minimum absolute atomic E-state index is 0.260. The number of hydrogen-bond acceptors (Lipinski definition) is 4. The number of carbonyl (C=O) groups is 2. The molecule has 3 N–H and O–H groups in total. The molecule has 0 aliphatic heterocycles. The number of aryl methyl sites for hydroxylation is 1. The highest BCUT2D eigenvalue weighted by molar-refractivity contribution is 7.17. The zero-order chi connectivity index (χ0) is 24.5. The van der Waals surface area contributed by atoms with Crippen molar-refractivity contribution in [2.45, 2.75) is 46.0 Å². The number of nitrogens with one attached hydrogen (secondary N) is 1. The first-order valence-electron chi connectivity index (χ1n) is 12.2. The predicted molar refractivity (Wildman–Crippen MR) is 143 cm³/mol. The van der Waals surface area contributed by atoms with Crippen LogP contribution < -0.4 is 11.1 Å². The van der Waals surface area contributed by atoms with Crippen LogP contribution in [0.3, 0.4) is 0 Å². The van der Waals surface area contributed by atoms with Gasteiger partial charge in [0.05, 0.1) is 22.3 Å². The van der Waals surface area contributed by atoms with Crippen LogP contribution in [0, 0.1) is 12.8 Å².